The Balaban J connectivity index is 2.68. The topological polar surface area (TPSA) is 0 Å². The highest BCUT2D eigenvalue weighted by molar-refractivity contribution is 5.11. The van der Waals surface area contributed by atoms with Gasteiger partial charge in [-0.1, -0.05) is 38.2 Å². The molecule has 74 valence electrons. The predicted octanol–water partition coefficient (Wildman–Crippen LogP) is 4.34. The van der Waals surface area contributed by atoms with Gasteiger partial charge in [0.2, 0.25) is 0 Å². The number of hydrogen-bond acceptors (Lipinski definition) is 0. The van der Waals surface area contributed by atoms with Gasteiger partial charge >= 0.3 is 0 Å². The Morgan fingerprint density at radius 3 is 2.77 bits per heavy atom. The molecule has 13 heavy (non-hydrogen) atoms. The van der Waals surface area contributed by atoms with Gasteiger partial charge in [0.25, 0.3) is 0 Å². The Morgan fingerprint density at radius 2 is 2.23 bits per heavy atom. The second kappa shape index (κ2) is 4.13. The molecule has 1 aliphatic rings. The Bertz CT molecular complexity index is 208. The van der Waals surface area contributed by atoms with Crippen LogP contribution in [-0.4, -0.2) is 0 Å². The van der Waals surface area contributed by atoms with E-state index in [-0.39, 0.29) is 0 Å². The summed E-state index contributed by atoms with van der Waals surface area (Å²) in [6, 6.07) is 0. The maximum Gasteiger partial charge on any atom is -0.0120 e. The third kappa shape index (κ3) is 2.46. The first-order valence-electron chi connectivity index (χ1n) is 5.37. The third-order valence-electron chi connectivity index (χ3n) is 3.36. The molecule has 0 heteroatoms. The smallest absolute Gasteiger partial charge is 0.0120 e. The lowest BCUT2D eigenvalue weighted by atomic mass is 9.65. The van der Waals surface area contributed by atoms with Crippen molar-refractivity contribution in [1.82, 2.24) is 0 Å². The van der Waals surface area contributed by atoms with Gasteiger partial charge in [-0.15, -0.1) is 0 Å². The largest absolute Gasteiger partial charge is 0.0995 e. The molecule has 0 saturated heterocycles. The van der Waals surface area contributed by atoms with Crippen molar-refractivity contribution in [3.8, 4) is 0 Å². The Morgan fingerprint density at radius 1 is 1.54 bits per heavy atom. The van der Waals surface area contributed by atoms with Crippen LogP contribution in [0.3, 0.4) is 0 Å². The number of hydrogen-bond donors (Lipinski definition) is 0. The van der Waals surface area contributed by atoms with E-state index in [9.17, 15) is 0 Å². The fourth-order valence-corrected chi connectivity index (χ4v) is 2.43. The van der Waals surface area contributed by atoms with E-state index in [2.05, 4.69) is 39.5 Å². The molecule has 0 radical (unpaired) electrons. The van der Waals surface area contributed by atoms with Crippen LogP contribution in [0.1, 0.15) is 46.5 Å². The normalized spacial score (nSPS) is 28.2. The van der Waals surface area contributed by atoms with E-state index in [4.69, 9.17) is 0 Å². The third-order valence-corrected chi connectivity index (χ3v) is 3.36. The molecule has 0 aliphatic heterocycles. The zero-order chi connectivity index (χ0) is 9.90. The van der Waals surface area contributed by atoms with E-state index in [1.54, 1.807) is 0 Å². The summed E-state index contributed by atoms with van der Waals surface area (Å²) in [7, 11) is 0. The number of rotatable bonds is 2. The summed E-state index contributed by atoms with van der Waals surface area (Å²) in [4.78, 5) is 0. The standard InChI is InChI=1S/C13H22/c1-5-6-9-12-11(2)8-7-10-13(12,3)4/h5-6,12H,2,7-10H2,1,3-4H3/b6-5+. The Labute approximate surface area is 82.7 Å². The lowest BCUT2D eigenvalue weighted by Crippen LogP contribution is -2.28. The SMILES string of the molecule is C=C1CCCC(C)(C)C1C/C=C/C. The van der Waals surface area contributed by atoms with Crippen LogP contribution >= 0.6 is 0 Å². The highest BCUT2D eigenvalue weighted by atomic mass is 14.4. The molecule has 1 saturated carbocycles. The van der Waals surface area contributed by atoms with Crippen molar-refractivity contribution in [3.63, 3.8) is 0 Å². The summed E-state index contributed by atoms with van der Waals surface area (Å²) >= 11 is 0. The Kier molecular flexibility index (Phi) is 3.35. The predicted molar refractivity (Wildman–Crippen MR) is 59.7 cm³/mol. The summed E-state index contributed by atoms with van der Waals surface area (Å²) in [5.41, 5.74) is 1.93. The summed E-state index contributed by atoms with van der Waals surface area (Å²) < 4.78 is 0. The van der Waals surface area contributed by atoms with E-state index < -0.39 is 0 Å². The fourth-order valence-electron chi connectivity index (χ4n) is 2.43. The van der Waals surface area contributed by atoms with Gasteiger partial charge in [-0.25, -0.2) is 0 Å². The number of allylic oxidation sites excluding steroid dienone is 3. The summed E-state index contributed by atoms with van der Waals surface area (Å²) in [6.07, 6.45) is 9.54. The molecular weight excluding hydrogens is 156 g/mol. The zero-order valence-electron chi connectivity index (χ0n) is 9.27. The monoisotopic (exact) mass is 178 g/mol. The summed E-state index contributed by atoms with van der Waals surface area (Å²) in [5.74, 6) is 0.706. The average molecular weight is 178 g/mol. The van der Waals surface area contributed by atoms with Crippen LogP contribution in [0.2, 0.25) is 0 Å². The van der Waals surface area contributed by atoms with Crippen LogP contribution in [0, 0.1) is 11.3 Å². The summed E-state index contributed by atoms with van der Waals surface area (Å²) in [6.45, 7) is 11.1. The van der Waals surface area contributed by atoms with Gasteiger partial charge in [0.05, 0.1) is 0 Å². The molecule has 0 aromatic rings. The molecule has 1 unspecified atom stereocenters. The van der Waals surface area contributed by atoms with Gasteiger partial charge in [-0.3, -0.25) is 0 Å². The second-order valence-electron chi connectivity index (χ2n) is 4.86. The molecule has 0 N–H and O–H groups in total. The van der Waals surface area contributed by atoms with Gasteiger partial charge < -0.3 is 0 Å². The van der Waals surface area contributed by atoms with Crippen molar-refractivity contribution in [2.24, 2.45) is 11.3 Å². The van der Waals surface area contributed by atoms with Gasteiger partial charge in [0.15, 0.2) is 0 Å². The molecule has 0 spiro atoms. The summed E-state index contributed by atoms with van der Waals surface area (Å²) in [5, 5.41) is 0. The van der Waals surface area contributed by atoms with Crippen molar-refractivity contribution in [2.45, 2.75) is 46.5 Å². The van der Waals surface area contributed by atoms with E-state index in [0.29, 0.717) is 11.3 Å². The van der Waals surface area contributed by atoms with Crippen LogP contribution in [0.15, 0.2) is 24.3 Å². The molecule has 0 bridgehead atoms. The molecule has 1 rings (SSSR count). The van der Waals surface area contributed by atoms with Crippen molar-refractivity contribution in [2.75, 3.05) is 0 Å². The fraction of sp³-hybridized carbons (Fsp3) is 0.692. The van der Waals surface area contributed by atoms with Crippen LogP contribution in [0.5, 0.6) is 0 Å². The molecule has 1 atom stereocenters. The second-order valence-corrected chi connectivity index (χ2v) is 4.86. The lowest BCUT2D eigenvalue weighted by Gasteiger charge is -2.39. The minimum absolute atomic E-state index is 0.467. The highest BCUT2D eigenvalue weighted by Gasteiger charge is 2.33. The van der Waals surface area contributed by atoms with Crippen LogP contribution in [-0.2, 0) is 0 Å². The van der Waals surface area contributed by atoms with Crippen molar-refractivity contribution in [3.05, 3.63) is 24.3 Å². The van der Waals surface area contributed by atoms with E-state index >= 15 is 0 Å². The molecule has 0 heterocycles. The van der Waals surface area contributed by atoms with Crippen LogP contribution in [0.25, 0.3) is 0 Å². The first-order valence-corrected chi connectivity index (χ1v) is 5.37. The minimum atomic E-state index is 0.467. The molecule has 0 aromatic heterocycles. The van der Waals surface area contributed by atoms with Crippen molar-refractivity contribution >= 4 is 0 Å². The molecule has 1 aliphatic carbocycles. The quantitative estimate of drug-likeness (QED) is 0.552. The van der Waals surface area contributed by atoms with Crippen molar-refractivity contribution < 1.29 is 0 Å². The average Bonchev–Trinajstić information content (AvgIpc) is 2.02. The van der Waals surface area contributed by atoms with E-state index in [1.165, 1.54) is 31.3 Å². The van der Waals surface area contributed by atoms with Gasteiger partial charge in [0.1, 0.15) is 0 Å². The van der Waals surface area contributed by atoms with Gasteiger partial charge in [0, 0.05) is 0 Å². The molecule has 1 fully saturated rings. The Hall–Kier alpha value is -0.520. The molecule has 0 nitrogen and oxygen atoms in total. The van der Waals surface area contributed by atoms with Gasteiger partial charge in [-0.2, -0.15) is 0 Å². The van der Waals surface area contributed by atoms with E-state index in [1.807, 2.05) is 0 Å². The van der Waals surface area contributed by atoms with E-state index in [0.717, 1.165) is 0 Å². The molecule has 0 amide bonds. The first kappa shape index (κ1) is 10.6. The molecule has 0 aromatic carbocycles. The molecular formula is C13H22. The highest BCUT2D eigenvalue weighted by Crippen LogP contribution is 2.44. The first-order chi connectivity index (χ1) is 6.08. The van der Waals surface area contributed by atoms with Crippen LogP contribution in [0.4, 0.5) is 0 Å². The lowest BCUT2D eigenvalue weighted by molar-refractivity contribution is 0.191. The van der Waals surface area contributed by atoms with Crippen molar-refractivity contribution in [1.29, 1.82) is 0 Å². The zero-order valence-corrected chi connectivity index (χ0v) is 9.27. The maximum absolute atomic E-state index is 4.21. The minimum Gasteiger partial charge on any atom is -0.0995 e. The van der Waals surface area contributed by atoms with Gasteiger partial charge in [-0.05, 0) is 43.9 Å². The van der Waals surface area contributed by atoms with Crippen LogP contribution < -0.4 is 0 Å². The maximum atomic E-state index is 4.21.